The van der Waals surface area contributed by atoms with Crippen molar-refractivity contribution in [3.63, 3.8) is 0 Å². The normalized spacial score (nSPS) is 23.5. The highest BCUT2D eigenvalue weighted by atomic mass is 125. The third-order valence-corrected chi connectivity index (χ3v) is 6.85. The van der Waals surface area contributed by atoms with Crippen molar-refractivity contribution in [3.8, 4) is 5.75 Å². The molecule has 2 aromatic rings. The van der Waals surface area contributed by atoms with Crippen LogP contribution in [0.15, 0.2) is 25.8 Å². The predicted molar refractivity (Wildman–Crippen MR) is 123 cm³/mol. The molecule has 1 aliphatic carbocycles. The van der Waals surface area contributed by atoms with Crippen LogP contribution in [0.1, 0.15) is 43.2 Å². The third kappa shape index (κ3) is 3.42. The van der Waals surface area contributed by atoms with Crippen molar-refractivity contribution in [1.29, 1.82) is 0 Å². The van der Waals surface area contributed by atoms with Crippen LogP contribution in [0.5, 0.6) is 5.75 Å². The topological polar surface area (TPSA) is 110 Å². The molecule has 3 aliphatic rings. The number of fused-ring (bicyclic) bond motifs is 3. The number of aromatic amines is 1. The van der Waals surface area contributed by atoms with Crippen molar-refractivity contribution in [3.05, 3.63) is 42.9 Å². The van der Waals surface area contributed by atoms with E-state index in [0.717, 1.165) is 41.2 Å². The lowest BCUT2D eigenvalue weighted by Crippen LogP contribution is -2.40. The highest BCUT2D eigenvalue weighted by Crippen LogP contribution is 2.40. The van der Waals surface area contributed by atoms with E-state index in [-0.39, 0.29) is 11.7 Å². The third-order valence-electron chi connectivity index (χ3n) is 6.34. The predicted octanol–water partition coefficient (Wildman–Crippen LogP) is 3.04. The average molecular weight is 519 g/mol. The van der Waals surface area contributed by atoms with Gasteiger partial charge in [-0.3, -0.25) is 0 Å². The molecule has 2 aliphatic heterocycles. The molecular weight excluding hydrogens is 495 g/mol. The minimum Gasteiger partial charge on any atom is -0.485 e. The Morgan fingerprint density at radius 1 is 1.47 bits per heavy atom. The highest BCUT2D eigenvalue weighted by Gasteiger charge is 2.35. The van der Waals surface area contributed by atoms with Gasteiger partial charge in [0.2, 0.25) is 0 Å². The fraction of sp³-hybridized carbons (Fsp3) is 0.476. The molecule has 0 aromatic carbocycles. The summed E-state index contributed by atoms with van der Waals surface area (Å²) in [6, 6.07) is 1.81. The first-order valence-electron chi connectivity index (χ1n) is 10.2. The Balaban J connectivity index is 1.30. The number of halogens is 1. The van der Waals surface area contributed by atoms with E-state index in [9.17, 15) is 4.79 Å². The Kier molecular flexibility index (Phi) is 4.87. The minimum absolute atomic E-state index is 0.0248. The van der Waals surface area contributed by atoms with Gasteiger partial charge in [-0.1, -0.05) is 6.92 Å². The van der Waals surface area contributed by atoms with Crippen LogP contribution >= 0.6 is 22.6 Å². The van der Waals surface area contributed by atoms with Crippen LogP contribution in [0.3, 0.4) is 0 Å². The number of H-pyrrole nitrogens is 1. The number of hydrogen-bond acceptors (Lipinski definition) is 7. The molecule has 0 amide bonds. The van der Waals surface area contributed by atoms with Crippen molar-refractivity contribution in [2.45, 2.75) is 39.2 Å². The smallest absolute Gasteiger partial charge is 0.346 e. The summed E-state index contributed by atoms with van der Waals surface area (Å²) < 4.78 is 12.3. The molecule has 30 heavy (non-hydrogen) atoms. The van der Waals surface area contributed by atoms with E-state index >= 15 is 0 Å². The summed E-state index contributed by atoms with van der Waals surface area (Å²) in [5.74, 6) is 3.58. The maximum atomic E-state index is 12.2. The molecule has 1 unspecified atom stereocenters. The molecule has 0 bridgehead atoms. The number of aromatic nitrogens is 2. The van der Waals surface area contributed by atoms with E-state index in [1.165, 1.54) is 5.57 Å². The van der Waals surface area contributed by atoms with Crippen LogP contribution in [-0.4, -0.2) is 35.1 Å². The van der Waals surface area contributed by atoms with Gasteiger partial charge < -0.3 is 24.8 Å². The van der Waals surface area contributed by atoms with Crippen LogP contribution in [0.4, 0.5) is 5.82 Å². The Morgan fingerprint density at radius 3 is 3.13 bits per heavy atom. The molecule has 3 N–H and O–H groups in total. The summed E-state index contributed by atoms with van der Waals surface area (Å²) in [5, 5.41) is 0. The van der Waals surface area contributed by atoms with E-state index in [1.54, 1.807) is 6.92 Å². The molecule has 4 heterocycles. The largest absolute Gasteiger partial charge is 0.485 e. The maximum absolute atomic E-state index is 12.2. The second-order valence-corrected chi connectivity index (χ2v) is 9.42. The second kappa shape index (κ2) is 7.44. The summed E-state index contributed by atoms with van der Waals surface area (Å²) in [6.45, 7) is 5.45. The van der Waals surface area contributed by atoms with Crippen molar-refractivity contribution in [2.24, 2.45) is 22.6 Å². The van der Waals surface area contributed by atoms with Crippen molar-refractivity contribution < 1.29 is 9.15 Å². The zero-order valence-electron chi connectivity index (χ0n) is 16.9. The zero-order valence-corrected chi connectivity index (χ0v) is 19.1. The number of hydrogen-bond donors (Lipinski definition) is 2. The Morgan fingerprint density at radius 2 is 2.30 bits per heavy atom. The number of nitrogens with zero attached hydrogens (tertiary/aromatic N) is 3. The summed E-state index contributed by atoms with van der Waals surface area (Å²) in [6.07, 6.45) is 4.95. The number of aliphatic imine (C=N–C) groups is 1. The van der Waals surface area contributed by atoms with E-state index in [2.05, 4.69) is 49.4 Å². The van der Waals surface area contributed by atoms with Gasteiger partial charge in [0.15, 0.2) is 9.65 Å². The summed E-state index contributed by atoms with van der Waals surface area (Å²) >= 11 is 2.17. The standard InChI is InChI=1S/C21H24IN5O3/c1-10(8-27-9-24-18(23)17-19(27)26-21(22)25-17)12-3-4-13-6-14-16(30-15(13)7-12)5-11(2)29-20(14)28/h5-6,10,12,15H,3-4,7-9H2,1-2H3,(H2,23,24)(H,25,26)/t10-,12?,15+/m1/s1/i22-2. The van der Waals surface area contributed by atoms with Gasteiger partial charge in [0.05, 0.1) is 0 Å². The van der Waals surface area contributed by atoms with Crippen LogP contribution < -0.4 is 21.0 Å². The maximum Gasteiger partial charge on any atom is 0.346 e. The Labute approximate surface area is 187 Å². The number of imidazole rings is 1. The van der Waals surface area contributed by atoms with Crippen LogP contribution in [-0.2, 0) is 0 Å². The molecule has 3 atom stereocenters. The average Bonchev–Trinajstić information content (AvgIpc) is 3.11. The number of nitrogens with one attached hydrogen (secondary N) is 1. The first-order valence-corrected chi connectivity index (χ1v) is 11.3. The number of anilines is 1. The molecule has 1 saturated carbocycles. The van der Waals surface area contributed by atoms with Crippen molar-refractivity contribution in [1.82, 2.24) is 9.97 Å². The highest BCUT2D eigenvalue weighted by molar-refractivity contribution is 14.1. The first-order chi connectivity index (χ1) is 14.4. The Bertz CT molecular complexity index is 1120. The summed E-state index contributed by atoms with van der Waals surface area (Å²) in [4.78, 5) is 26.6. The number of amidine groups is 1. The molecule has 0 radical (unpaired) electrons. The van der Waals surface area contributed by atoms with Gasteiger partial charge >= 0.3 is 5.63 Å². The number of aryl methyl sites for hydroxylation is 1. The summed E-state index contributed by atoms with van der Waals surface area (Å²) in [7, 11) is 0. The fourth-order valence-electron chi connectivity index (χ4n) is 4.71. The van der Waals surface area contributed by atoms with Gasteiger partial charge in [-0.05, 0) is 72.3 Å². The van der Waals surface area contributed by atoms with Gasteiger partial charge in [0.25, 0.3) is 0 Å². The van der Waals surface area contributed by atoms with Gasteiger partial charge in [-0.15, -0.1) is 0 Å². The van der Waals surface area contributed by atoms with Crippen molar-refractivity contribution in [2.75, 3.05) is 18.1 Å². The molecule has 2 aromatic heterocycles. The number of ether oxygens (including phenoxy) is 1. The van der Waals surface area contributed by atoms with E-state index < -0.39 is 0 Å². The summed E-state index contributed by atoms with van der Waals surface area (Å²) in [5.41, 5.74) is 8.26. The quantitative estimate of drug-likeness (QED) is 0.604. The van der Waals surface area contributed by atoms with E-state index in [0.29, 0.717) is 41.4 Å². The van der Waals surface area contributed by atoms with Gasteiger partial charge in [-0.25, -0.2) is 14.8 Å². The monoisotopic (exact) mass is 519 g/mol. The van der Waals surface area contributed by atoms with Gasteiger partial charge in [-0.2, -0.15) is 0 Å². The minimum atomic E-state index is -0.319. The van der Waals surface area contributed by atoms with Crippen LogP contribution in [0.25, 0.3) is 6.08 Å². The SMILES string of the molecule is Cc1cc2c(c(=O)o1)C=C1CCC([C@H](C)CN3CN=C(N)c4[nH]c([125I])nc43)C[C@@H]1O2. The lowest BCUT2D eigenvalue weighted by atomic mass is 9.76. The van der Waals surface area contributed by atoms with E-state index in [4.69, 9.17) is 14.9 Å². The number of rotatable bonds is 3. The molecule has 158 valence electrons. The molecule has 5 rings (SSSR count). The lowest BCUT2D eigenvalue weighted by Gasteiger charge is -2.38. The fourth-order valence-corrected chi connectivity index (χ4v) is 5.21. The molecule has 0 saturated heterocycles. The van der Waals surface area contributed by atoms with E-state index in [1.807, 2.05) is 12.1 Å². The lowest BCUT2D eigenvalue weighted by molar-refractivity contribution is 0.142. The first kappa shape index (κ1) is 19.7. The van der Waals surface area contributed by atoms with Crippen LogP contribution in [0.2, 0.25) is 0 Å². The molecule has 8 nitrogen and oxygen atoms in total. The Hall–Kier alpha value is -2.30. The molecule has 9 heteroatoms. The number of nitrogens with two attached hydrogens (primary N) is 1. The van der Waals surface area contributed by atoms with Crippen LogP contribution in [0, 0.1) is 22.6 Å². The van der Waals surface area contributed by atoms with Crippen molar-refractivity contribution >= 4 is 40.3 Å². The van der Waals surface area contributed by atoms with Gasteiger partial charge in [0.1, 0.15) is 41.4 Å². The molecule has 1 fully saturated rings. The second-order valence-electron chi connectivity index (χ2n) is 8.39. The zero-order chi connectivity index (χ0) is 21.0. The van der Waals surface area contributed by atoms with Gasteiger partial charge in [0, 0.05) is 12.6 Å². The molecular formula is C21H24IN5O3. The molecule has 0 spiro atoms.